The Balaban J connectivity index is 2.60. The van der Waals surface area contributed by atoms with Gasteiger partial charge in [-0.25, -0.2) is 4.79 Å². The molecule has 0 aliphatic carbocycles. The van der Waals surface area contributed by atoms with Crippen molar-refractivity contribution in [3.05, 3.63) is 35.4 Å². The Morgan fingerprint density at radius 2 is 1.92 bits per heavy atom. The van der Waals surface area contributed by atoms with Crippen LogP contribution >= 0.6 is 0 Å². The average molecular weight is 176 g/mol. The Hall–Kier alpha value is -1.64. The van der Waals surface area contributed by atoms with Gasteiger partial charge in [0, 0.05) is 0 Å². The maximum Gasteiger partial charge on any atom is 0.346 e. The van der Waals surface area contributed by atoms with Crippen LogP contribution in [0, 0.1) is 0 Å². The minimum absolute atomic E-state index is 0.339. The molecule has 1 aliphatic heterocycles. The minimum Gasteiger partial charge on any atom is -0.389 e. The molecular formula is C10H8O3. The molecule has 0 radical (unpaired) electrons. The molecule has 1 aromatic rings. The van der Waals surface area contributed by atoms with Crippen LogP contribution < -0.4 is 0 Å². The lowest BCUT2D eigenvalue weighted by atomic mass is 9.94. The highest BCUT2D eigenvalue weighted by Gasteiger charge is 2.30. The van der Waals surface area contributed by atoms with Gasteiger partial charge in [0.2, 0.25) is 0 Å². The number of cyclic esters (lactones) is 2. The first-order valence-corrected chi connectivity index (χ1v) is 4.05. The van der Waals surface area contributed by atoms with Crippen molar-refractivity contribution in [2.75, 3.05) is 0 Å². The lowest BCUT2D eigenvalue weighted by Gasteiger charge is -2.19. The Kier molecular flexibility index (Phi) is 1.65. The third-order valence-electron chi connectivity index (χ3n) is 2.19. The molecule has 2 rings (SSSR count). The Labute approximate surface area is 75.3 Å². The number of benzene rings is 1. The largest absolute Gasteiger partial charge is 0.389 e. The molecule has 1 aliphatic rings. The van der Waals surface area contributed by atoms with E-state index in [1.807, 2.05) is 0 Å². The van der Waals surface area contributed by atoms with Crippen molar-refractivity contribution in [1.29, 1.82) is 0 Å². The summed E-state index contributed by atoms with van der Waals surface area (Å²) in [6, 6.07) is 7.00. The summed E-state index contributed by atoms with van der Waals surface area (Å²) < 4.78 is 4.55. The molecule has 13 heavy (non-hydrogen) atoms. The monoisotopic (exact) mass is 176 g/mol. The smallest absolute Gasteiger partial charge is 0.346 e. The molecule has 1 aromatic carbocycles. The van der Waals surface area contributed by atoms with E-state index in [9.17, 15) is 9.59 Å². The lowest BCUT2D eigenvalue weighted by Crippen LogP contribution is -2.25. The van der Waals surface area contributed by atoms with E-state index in [1.54, 1.807) is 31.2 Å². The van der Waals surface area contributed by atoms with Crippen molar-refractivity contribution < 1.29 is 14.3 Å². The molecule has 0 N–H and O–H groups in total. The van der Waals surface area contributed by atoms with Gasteiger partial charge in [0.05, 0.1) is 11.5 Å². The maximum atomic E-state index is 11.2. The molecule has 0 aromatic heterocycles. The van der Waals surface area contributed by atoms with Crippen LogP contribution in [0.5, 0.6) is 0 Å². The summed E-state index contributed by atoms with van der Waals surface area (Å²) in [7, 11) is 0. The summed E-state index contributed by atoms with van der Waals surface area (Å²) in [6.45, 7) is 1.73. The zero-order valence-corrected chi connectivity index (χ0v) is 7.11. The van der Waals surface area contributed by atoms with Crippen LogP contribution in [0.15, 0.2) is 24.3 Å². The van der Waals surface area contributed by atoms with Crippen LogP contribution in [0.2, 0.25) is 0 Å². The number of esters is 2. The second-order valence-electron chi connectivity index (χ2n) is 3.02. The van der Waals surface area contributed by atoms with Crippen molar-refractivity contribution in [3.8, 4) is 0 Å². The molecule has 66 valence electrons. The number of hydrogen-bond acceptors (Lipinski definition) is 3. The fraction of sp³-hybridized carbons (Fsp3) is 0.200. The van der Waals surface area contributed by atoms with Crippen LogP contribution in [0.4, 0.5) is 0 Å². The summed E-state index contributed by atoms with van der Waals surface area (Å²) >= 11 is 0. The van der Waals surface area contributed by atoms with E-state index in [0.717, 1.165) is 5.56 Å². The molecule has 0 unspecified atom stereocenters. The van der Waals surface area contributed by atoms with E-state index in [-0.39, 0.29) is 5.92 Å². The average Bonchev–Trinajstić information content (AvgIpc) is 2.15. The second kappa shape index (κ2) is 2.69. The van der Waals surface area contributed by atoms with Crippen LogP contribution in [-0.4, -0.2) is 11.9 Å². The quantitative estimate of drug-likeness (QED) is 0.444. The first kappa shape index (κ1) is 7.98. The van der Waals surface area contributed by atoms with Gasteiger partial charge >= 0.3 is 11.9 Å². The van der Waals surface area contributed by atoms with E-state index >= 15 is 0 Å². The summed E-state index contributed by atoms with van der Waals surface area (Å²) in [6.07, 6.45) is 0. The molecule has 3 nitrogen and oxygen atoms in total. The number of fused-ring (bicyclic) bond motifs is 1. The van der Waals surface area contributed by atoms with E-state index in [1.165, 1.54) is 0 Å². The van der Waals surface area contributed by atoms with E-state index in [2.05, 4.69) is 4.74 Å². The molecule has 0 fully saturated rings. The zero-order chi connectivity index (χ0) is 9.42. The predicted molar refractivity (Wildman–Crippen MR) is 45.3 cm³/mol. The predicted octanol–water partition coefficient (Wildman–Crippen LogP) is 1.49. The topological polar surface area (TPSA) is 43.4 Å². The summed E-state index contributed by atoms with van der Waals surface area (Å²) in [4.78, 5) is 22.3. The normalized spacial score (nSPS) is 20.8. The van der Waals surface area contributed by atoms with Crippen molar-refractivity contribution in [2.24, 2.45) is 0 Å². The molecule has 0 spiro atoms. The molecule has 1 atom stereocenters. The van der Waals surface area contributed by atoms with Crippen LogP contribution in [0.25, 0.3) is 0 Å². The first-order valence-electron chi connectivity index (χ1n) is 4.05. The highest BCUT2D eigenvalue weighted by molar-refractivity contribution is 6.04. The van der Waals surface area contributed by atoms with Gasteiger partial charge < -0.3 is 4.74 Å². The molecule has 0 saturated heterocycles. The van der Waals surface area contributed by atoms with Gasteiger partial charge in [-0.15, -0.1) is 0 Å². The van der Waals surface area contributed by atoms with Gasteiger partial charge in [-0.05, 0) is 18.6 Å². The Bertz CT molecular complexity index is 382. The van der Waals surface area contributed by atoms with Crippen molar-refractivity contribution in [2.45, 2.75) is 12.8 Å². The maximum absolute atomic E-state index is 11.2. The molecule has 1 heterocycles. The molecule has 0 saturated carbocycles. The van der Waals surface area contributed by atoms with Gasteiger partial charge in [-0.3, -0.25) is 4.79 Å². The van der Waals surface area contributed by atoms with Gasteiger partial charge in [0.25, 0.3) is 0 Å². The SMILES string of the molecule is C[C@H]1C(=O)OC(=O)c2ccccc21. The molecule has 3 heteroatoms. The summed E-state index contributed by atoms with van der Waals surface area (Å²) in [5, 5.41) is 0. The summed E-state index contributed by atoms with van der Waals surface area (Å²) in [5.74, 6) is -1.35. The summed E-state index contributed by atoms with van der Waals surface area (Å²) in [5.41, 5.74) is 1.25. The van der Waals surface area contributed by atoms with Gasteiger partial charge in [-0.2, -0.15) is 0 Å². The Morgan fingerprint density at radius 1 is 1.23 bits per heavy atom. The fourth-order valence-corrected chi connectivity index (χ4v) is 1.42. The van der Waals surface area contributed by atoms with Gasteiger partial charge in [-0.1, -0.05) is 18.2 Å². The van der Waals surface area contributed by atoms with Gasteiger partial charge in [0.15, 0.2) is 0 Å². The van der Waals surface area contributed by atoms with Crippen molar-refractivity contribution in [1.82, 2.24) is 0 Å². The number of hydrogen-bond donors (Lipinski definition) is 0. The third-order valence-corrected chi connectivity index (χ3v) is 2.19. The number of carbonyl (C=O) groups is 2. The minimum atomic E-state index is -0.543. The molecule has 0 amide bonds. The van der Waals surface area contributed by atoms with Crippen molar-refractivity contribution in [3.63, 3.8) is 0 Å². The molecule has 0 bridgehead atoms. The van der Waals surface area contributed by atoms with Crippen molar-refractivity contribution >= 4 is 11.9 Å². The van der Waals surface area contributed by atoms with Crippen LogP contribution in [-0.2, 0) is 9.53 Å². The molecular weight excluding hydrogens is 168 g/mol. The Morgan fingerprint density at radius 3 is 2.69 bits per heavy atom. The first-order chi connectivity index (χ1) is 6.20. The number of carbonyl (C=O) groups excluding carboxylic acids is 2. The highest BCUT2D eigenvalue weighted by atomic mass is 16.6. The second-order valence-corrected chi connectivity index (χ2v) is 3.02. The van der Waals surface area contributed by atoms with E-state index in [0.29, 0.717) is 5.56 Å². The standard InChI is InChI=1S/C10H8O3/c1-6-7-4-2-3-5-8(7)10(12)13-9(6)11/h2-6H,1H3/t6-/m1/s1. The van der Waals surface area contributed by atoms with E-state index in [4.69, 9.17) is 0 Å². The van der Waals surface area contributed by atoms with Crippen LogP contribution in [0.3, 0.4) is 0 Å². The van der Waals surface area contributed by atoms with Crippen LogP contribution in [0.1, 0.15) is 28.8 Å². The number of rotatable bonds is 0. The number of ether oxygens (including phenoxy) is 1. The highest BCUT2D eigenvalue weighted by Crippen LogP contribution is 2.26. The zero-order valence-electron chi connectivity index (χ0n) is 7.11. The fourth-order valence-electron chi connectivity index (χ4n) is 1.42. The van der Waals surface area contributed by atoms with Gasteiger partial charge in [0.1, 0.15) is 0 Å². The lowest BCUT2D eigenvalue weighted by molar-refractivity contribution is -0.140. The van der Waals surface area contributed by atoms with E-state index < -0.39 is 11.9 Å². The third kappa shape index (κ3) is 1.13.